The van der Waals surface area contributed by atoms with Gasteiger partial charge in [0.1, 0.15) is 0 Å². The number of hydroxylamine groups is 2. The van der Waals surface area contributed by atoms with Crippen LogP contribution in [0.15, 0.2) is 24.3 Å². The molecule has 1 aromatic rings. The van der Waals surface area contributed by atoms with E-state index in [9.17, 15) is 20.2 Å². The maximum atomic E-state index is 11.7. The van der Waals surface area contributed by atoms with E-state index in [1.165, 1.54) is 25.3 Å². The third-order valence-electron chi connectivity index (χ3n) is 2.80. The second-order valence-electron chi connectivity index (χ2n) is 4.36. The predicted molar refractivity (Wildman–Crippen MR) is 76.6 cm³/mol. The average Bonchev–Trinajstić information content (AvgIpc) is 2.50. The molecule has 0 saturated carbocycles. The monoisotopic (exact) mass is 296 g/mol. The number of hydrogen-bond acceptors (Lipinski definition) is 6. The number of benzene rings is 1. The van der Waals surface area contributed by atoms with E-state index in [2.05, 4.69) is 0 Å². The highest BCUT2D eigenvalue weighted by molar-refractivity contribution is 5.91. The summed E-state index contributed by atoms with van der Waals surface area (Å²) in [5, 5.41) is 28.8. The third kappa shape index (κ3) is 5.07. The van der Waals surface area contributed by atoms with Crippen molar-refractivity contribution >= 4 is 12.0 Å². The molecule has 1 aromatic carbocycles. The molecule has 0 aliphatic heterocycles. The molecule has 1 amide bonds. The molecule has 116 valence electrons. The highest BCUT2D eigenvalue weighted by atomic mass is 16.5. The second kappa shape index (κ2) is 8.25. The van der Waals surface area contributed by atoms with Gasteiger partial charge in [-0.1, -0.05) is 6.07 Å². The van der Waals surface area contributed by atoms with Gasteiger partial charge in [-0.25, -0.2) is 0 Å². The van der Waals surface area contributed by atoms with Gasteiger partial charge >= 0.3 is 0 Å². The fraction of sp³-hybridized carbons (Fsp3) is 0.357. The maximum absolute atomic E-state index is 11.7. The number of hydrogen-bond donors (Lipinski definition) is 4. The molecule has 0 saturated heterocycles. The Morgan fingerprint density at radius 1 is 1.52 bits per heavy atom. The van der Waals surface area contributed by atoms with Gasteiger partial charge in [-0.05, 0) is 43.2 Å². The van der Waals surface area contributed by atoms with Gasteiger partial charge in [0.25, 0.3) is 5.91 Å². The molecule has 7 nitrogen and oxygen atoms in total. The van der Waals surface area contributed by atoms with Crippen LogP contribution in [0.1, 0.15) is 18.4 Å². The van der Waals surface area contributed by atoms with Crippen molar-refractivity contribution in [3.8, 4) is 11.5 Å². The van der Waals surface area contributed by atoms with Crippen molar-refractivity contribution in [1.82, 2.24) is 5.06 Å². The first-order valence-electron chi connectivity index (χ1n) is 6.45. The standard InChI is InChI=1S/C14H20N2O5/c1-21-12-9-10(4-6-11(12)17)5-7-14(19)16(20)13(18)3-2-8-15/h4-7,9,13,17-18,20H,2-3,8,15H2,1H3/b7-5+. The van der Waals surface area contributed by atoms with Crippen molar-refractivity contribution in [2.45, 2.75) is 19.1 Å². The van der Waals surface area contributed by atoms with Crippen LogP contribution in [0.2, 0.25) is 0 Å². The fourth-order valence-electron chi connectivity index (χ4n) is 1.61. The van der Waals surface area contributed by atoms with E-state index in [0.717, 1.165) is 6.08 Å². The van der Waals surface area contributed by atoms with E-state index < -0.39 is 12.1 Å². The Balaban J connectivity index is 2.69. The first-order valence-corrected chi connectivity index (χ1v) is 6.45. The summed E-state index contributed by atoms with van der Waals surface area (Å²) in [6, 6.07) is 4.54. The van der Waals surface area contributed by atoms with Crippen molar-refractivity contribution in [3.05, 3.63) is 29.8 Å². The molecule has 1 atom stereocenters. The highest BCUT2D eigenvalue weighted by Crippen LogP contribution is 2.26. The van der Waals surface area contributed by atoms with Crippen LogP contribution < -0.4 is 10.5 Å². The summed E-state index contributed by atoms with van der Waals surface area (Å²) < 4.78 is 4.94. The predicted octanol–water partition coefficient (Wildman–Crippen LogP) is 0.689. The third-order valence-corrected chi connectivity index (χ3v) is 2.80. The highest BCUT2D eigenvalue weighted by Gasteiger charge is 2.16. The number of phenolic OH excluding ortho intramolecular Hbond substituents is 1. The number of carbonyl (C=O) groups excluding carboxylic acids is 1. The van der Waals surface area contributed by atoms with Gasteiger partial charge in [0.05, 0.1) is 7.11 Å². The van der Waals surface area contributed by atoms with Crippen LogP contribution in [0.3, 0.4) is 0 Å². The molecule has 1 rings (SSSR count). The van der Waals surface area contributed by atoms with Gasteiger partial charge in [-0.2, -0.15) is 5.06 Å². The number of aromatic hydroxyl groups is 1. The second-order valence-corrected chi connectivity index (χ2v) is 4.36. The molecule has 0 heterocycles. The first-order chi connectivity index (χ1) is 9.99. The Morgan fingerprint density at radius 3 is 2.86 bits per heavy atom. The number of ether oxygens (including phenoxy) is 1. The lowest BCUT2D eigenvalue weighted by Crippen LogP contribution is -2.36. The first kappa shape index (κ1) is 17.0. The van der Waals surface area contributed by atoms with Gasteiger partial charge in [0.15, 0.2) is 17.7 Å². The molecule has 7 heteroatoms. The van der Waals surface area contributed by atoms with E-state index in [1.54, 1.807) is 6.07 Å². The maximum Gasteiger partial charge on any atom is 0.272 e. The van der Waals surface area contributed by atoms with Crippen molar-refractivity contribution in [1.29, 1.82) is 0 Å². The smallest absolute Gasteiger partial charge is 0.272 e. The van der Waals surface area contributed by atoms with Gasteiger partial charge in [-0.15, -0.1) is 0 Å². The fourth-order valence-corrected chi connectivity index (χ4v) is 1.61. The SMILES string of the molecule is COc1cc(/C=C/C(=O)N(O)C(O)CCCN)ccc1O. The zero-order valence-corrected chi connectivity index (χ0v) is 11.8. The van der Waals surface area contributed by atoms with Crippen molar-refractivity contribution in [2.24, 2.45) is 5.73 Å². The lowest BCUT2D eigenvalue weighted by molar-refractivity contribution is -0.201. The van der Waals surface area contributed by atoms with Crippen molar-refractivity contribution < 1.29 is 25.0 Å². The summed E-state index contributed by atoms with van der Waals surface area (Å²) >= 11 is 0. The number of carbonyl (C=O) groups is 1. The van der Waals surface area contributed by atoms with Crippen LogP contribution in [0.25, 0.3) is 6.08 Å². The van der Waals surface area contributed by atoms with Crippen LogP contribution in [-0.2, 0) is 4.79 Å². The van der Waals surface area contributed by atoms with E-state index in [-0.39, 0.29) is 23.0 Å². The summed E-state index contributed by atoms with van der Waals surface area (Å²) in [6.45, 7) is 0.363. The number of rotatable bonds is 7. The molecule has 0 aliphatic carbocycles. The molecule has 1 unspecified atom stereocenters. The number of aliphatic hydroxyl groups is 1. The lowest BCUT2D eigenvalue weighted by atomic mass is 10.2. The largest absolute Gasteiger partial charge is 0.504 e. The van der Waals surface area contributed by atoms with Crippen molar-refractivity contribution in [3.63, 3.8) is 0 Å². The van der Waals surface area contributed by atoms with Gasteiger partial charge in [-0.3, -0.25) is 10.0 Å². The molecule has 21 heavy (non-hydrogen) atoms. The number of nitrogens with zero attached hydrogens (tertiary/aromatic N) is 1. The number of methoxy groups -OCH3 is 1. The zero-order chi connectivity index (χ0) is 15.8. The quantitative estimate of drug-likeness (QED) is 0.254. The molecule has 0 radical (unpaired) electrons. The molecular formula is C14H20N2O5. The number of nitrogens with two attached hydrogens (primary N) is 1. The summed E-state index contributed by atoms with van der Waals surface area (Å²) in [6.07, 6.45) is 1.94. The topological polar surface area (TPSA) is 116 Å². The van der Waals surface area contributed by atoms with E-state index >= 15 is 0 Å². The Morgan fingerprint density at radius 2 is 2.24 bits per heavy atom. The molecule has 0 bridgehead atoms. The molecule has 5 N–H and O–H groups in total. The summed E-state index contributed by atoms with van der Waals surface area (Å²) in [5.74, 6) is -0.498. The Kier molecular flexibility index (Phi) is 6.67. The van der Waals surface area contributed by atoms with Gasteiger partial charge in [0, 0.05) is 6.08 Å². The molecule has 0 aromatic heterocycles. The average molecular weight is 296 g/mol. The minimum Gasteiger partial charge on any atom is -0.504 e. The number of amides is 1. The number of aliphatic hydroxyl groups excluding tert-OH is 1. The lowest BCUT2D eigenvalue weighted by Gasteiger charge is -2.19. The molecule has 0 fully saturated rings. The van der Waals surface area contributed by atoms with Gasteiger partial charge < -0.3 is 20.7 Å². The normalized spacial score (nSPS) is 12.4. The Hall–Kier alpha value is -2.09. The molecule has 0 spiro atoms. The minimum absolute atomic E-state index is 0.0121. The van der Waals surface area contributed by atoms with Crippen LogP contribution in [0.4, 0.5) is 0 Å². The minimum atomic E-state index is -1.29. The van der Waals surface area contributed by atoms with E-state index in [4.69, 9.17) is 10.5 Å². The Labute approximate surface area is 122 Å². The van der Waals surface area contributed by atoms with Crippen LogP contribution in [0.5, 0.6) is 11.5 Å². The van der Waals surface area contributed by atoms with E-state index in [0.29, 0.717) is 18.5 Å². The van der Waals surface area contributed by atoms with Crippen LogP contribution >= 0.6 is 0 Å². The molecule has 0 aliphatic rings. The van der Waals surface area contributed by atoms with Crippen LogP contribution in [0, 0.1) is 0 Å². The zero-order valence-electron chi connectivity index (χ0n) is 11.8. The van der Waals surface area contributed by atoms with E-state index in [1.807, 2.05) is 0 Å². The number of phenols is 1. The van der Waals surface area contributed by atoms with Crippen LogP contribution in [-0.4, -0.2) is 46.3 Å². The summed E-state index contributed by atoms with van der Waals surface area (Å²) in [7, 11) is 1.41. The van der Waals surface area contributed by atoms with Gasteiger partial charge in [0.2, 0.25) is 0 Å². The summed E-state index contributed by atoms with van der Waals surface area (Å²) in [5.41, 5.74) is 5.88. The van der Waals surface area contributed by atoms with Crippen molar-refractivity contribution in [2.75, 3.05) is 13.7 Å². The Bertz CT molecular complexity index is 504. The summed E-state index contributed by atoms with van der Waals surface area (Å²) in [4.78, 5) is 11.7. The molecular weight excluding hydrogens is 276 g/mol.